The van der Waals surface area contributed by atoms with Gasteiger partial charge in [0.2, 0.25) is 12.2 Å². The Morgan fingerprint density at radius 3 is 2.31 bits per heavy atom. The second-order valence-electron chi connectivity index (χ2n) is 12.8. The molecule has 0 spiro atoms. The molecule has 42 heavy (non-hydrogen) atoms. The number of hydrogen-bond donors (Lipinski definition) is 0. The van der Waals surface area contributed by atoms with Crippen LogP contribution in [-0.2, 0) is 10.2 Å². The molecule has 4 aliphatic rings. The number of aromatic nitrogens is 2. The van der Waals surface area contributed by atoms with Gasteiger partial charge < -0.3 is 19.1 Å². The molecule has 0 unspecified atom stereocenters. The smallest absolute Gasteiger partial charge is 0.212 e. The van der Waals surface area contributed by atoms with E-state index in [0.29, 0.717) is 31.3 Å². The Kier molecular flexibility index (Phi) is 7.64. The molecule has 4 saturated heterocycles. The molecule has 3 atom stereocenters. The van der Waals surface area contributed by atoms with Gasteiger partial charge >= 0.3 is 0 Å². The molecular weight excluding hydrogens is 522 g/mol. The van der Waals surface area contributed by atoms with E-state index in [-0.39, 0.29) is 5.41 Å². The quantitative estimate of drug-likeness (QED) is 0.243. The highest BCUT2D eigenvalue weighted by Gasteiger charge is 2.44. The van der Waals surface area contributed by atoms with E-state index >= 15 is 0 Å². The third-order valence-corrected chi connectivity index (χ3v) is 10.7. The van der Waals surface area contributed by atoms with Crippen molar-refractivity contribution in [3.63, 3.8) is 0 Å². The Bertz CT molecular complexity index is 1430. The number of benzene rings is 2. The predicted molar refractivity (Wildman–Crippen MR) is 165 cm³/mol. The van der Waals surface area contributed by atoms with Crippen LogP contribution in [0.2, 0.25) is 0 Å². The average Bonchev–Trinajstić information content (AvgIpc) is 3.50. The van der Waals surface area contributed by atoms with Crippen LogP contribution in [0.1, 0.15) is 62.4 Å². The normalized spacial score (nSPS) is 26.5. The lowest BCUT2D eigenvalue weighted by molar-refractivity contribution is 0.0584. The van der Waals surface area contributed by atoms with E-state index in [0.717, 1.165) is 62.9 Å². The van der Waals surface area contributed by atoms with Gasteiger partial charge in [-0.2, -0.15) is 5.26 Å². The van der Waals surface area contributed by atoms with E-state index in [1.165, 1.54) is 43.2 Å². The lowest BCUT2D eigenvalue weighted by Crippen LogP contribution is -2.54. The SMILES string of the molecule is Cc1nc2ccccc2n1[C@H]1C[C@H]2CC[C@@H](C1)N2CCC1(c2ccccc2)CCN(/C(=N\C#N)N2CCOCC2)CC1. The molecule has 0 amide bonds. The molecule has 8 nitrogen and oxygen atoms in total. The highest BCUT2D eigenvalue weighted by atomic mass is 16.5. The number of likely N-dealkylation sites (tertiary alicyclic amines) is 1. The van der Waals surface area contributed by atoms with Crippen LogP contribution >= 0.6 is 0 Å². The summed E-state index contributed by atoms with van der Waals surface area (Å²) in [5.74, 6) is 1.99. The topological polar surface area (TPSA) is 72.9 Å². The van der Waals surface area contributed by atoms with Gasteiger partial charge in [-0.25, -0.2) is 4.98 Å². The summed E-state index contributed by atoms with van der Waals surface area (Å²) in [5, 5.41) is 9.48. The zero-order chi connectivity index (χ0) is 28.5. The van der Waals surface area contributed by atoms with Gasteiger partial charge in [-0.3, -0.25) is 4.90 Å². The summed E-state index contributed by atoms with van der Waals surface area (Å²) in [6.07, 6.45) is 10.5. The van der Waals surface area contributed by atoms with Crippen molar-refractivity contribution in [2.75, 3.05) is 45.9 Å². The number of aryl methyl sites for hydroxylation is 1. The predicted octanol–water partition coefficient (Wildman–Crippen LogP) is 5.11. The number of ether oxygens (including phenoxy) is 1. The number of piperidine rings is 2. The monoisotopic (exact) mass is 565 g/mol. The summed E-state index contributed by atoms with van der Waals surface area (Å²) in [5.41, 5.74) is 4.03. The number of aliphatic imine (C=N–C) groups is 1. The Morgan fingerprint density at radius 2 is 1.60 bits per heavy atom. The zero-order valence-corrected chi connectivity index (χ0v) is 24.9. The van der Waals surface area contributed by atoms with Crippen LogP contribution in [0.4, 0.5) is 0 Å². The lowest BCUT2D eigenvalue weighted by atomic mass is 9.70. The molecule has 8 heteroatoms. The van der Waals surface area contributed by atoms with Gasteiger partial charge in [-0.15, -0.1) is 4.99 Å². The number of morpholine rings is 1. The molecule has 220 valence electrons. The minimum absolute atomic E-state index is 0.147. The van der Waals surface area contributed by atoms with Gasteiger partial charge in [-0.05, 0) is 81.5 Å². The van der Waals surface area contributed by atoms with Gasteiger partial charge in [0, 0.05) is 44.3 Å². The van der Waals surface area contributed by atoms with Crippen LogP contribution < -0.4 is 0 Å². The van der Waals surface area contributed by atoms with Crippen molar-refractivity contribution in [1.82, 2.24) is 24.3 Å². The third-order valence-electron chi connectivity index (χ3n) is 10.7. The fourth-order valence-electron chi connectivity index (χ4n) is 8.55. The van der Waals surface area contributed by atoms with E-state index in [1.54, 1.807) is 0 Å². The molecule has 7 rings (SSSR count). The maximum absolute atomic E-state index is 9.48. The first-order valence-corrected chi connectivity index (χ1v) is 15.9. The van der Waals surface area contributed by atoms with Crippen LogP contribution in [0.15, 0.2) is 59.6 Å². The molecule has 4 fully saturated rings. The summed E-state index contributed by atoms with van der Waals surface area (Å²) < 4.78 is 8.10. The number of imidazole rings is 1. The lowest BCUT2D eigenvalue weighted by Gasteiger charge is -2.47. The highest BCUT2D eigenvalue weighted by Crippen LogP contribution is 2.45. The van der Waals surface area contributed by atoms with Gasteiger partial charge in [0.05, 0.1) is 24.2 Å². The molecule has 0 saturated carbocycles. The van der Waals surface area contributed by atoms with Gasteiger partial charge in [0.15, 0.2) is 0 Å². The third kappa shape index (κ3) is 5.07. The van der Waals surface area contributed by atoms with Crippen molar-refractivity contribution in [3.8, 4) is 6.19 Å². The molecule has 5 heterocycles. The van der Waals surface area contributed by atoms with Crippen molar-refractivity contribution in [2.45, 2.75) is 75.4 Å². The number of hydrogen-bond acceptors (Lipinski definition) is 5. The van der Waals surface area contributed by atoms with Crippen molar-refractivity contribution < 1.29 is 4.74 Å². The van der Waals surface area contributed by atoms with Gasteiger partial charge in [-0.1, -0.05) is 42.5 Å². The van der Waals surface area contributed by atoms with Crippen LogP contribution in [-0.4, -0.2) is 88.2 Å². The van der Waals surface area contributed by atoms with Gasteiger partial charge in [0.1, 0.15) is 5.82 Å². The van der Waals surface area contributed by atoms with Crippen molar-refractivity contribution in [3.05, 3.63) is 66.0 Å². The summed E-state index contributed by atoms with van der Waals surface area (Å²) in [6, 6.07) is 21.7. The first-order chi connectivity index (χ1) is 20.6. The molecule has 3 aromatic rings. The van der Waals surface area contributed by atoms with E-state index in [4.69, 9.17) is 9.72 Å². The summed E-state index contributed by atoms with van der Waals surface area (Å²) in [6.45, 7) is 8.17. The van der Waals surface area contributed by atoms with Crippen molar-refractivity contribution in [2.24, 2.45) is 4.99 Å². The number of guanidine groups is 1. The molecule has 0 aliphatic carbocycles. The molecule has 0 radical (unpaired) electrons. The number of fused-ring (bicyclic) bond motifs is 3. The summed E-state index contributed by atoms with van der Waals surface area (Å²) >= 11 is 0. The van der Waals surface area contributed by atoms with E-state index in [1.807, 2.05) is 0 Å². The minimum Gasteiger partial charge on any atom is -0.378 e. The zero-order valence-electron chi connectivity index (χ0n) is 24.9. The Balaban J connectivity index is 1.06. The average molecular weight is 566 g/mol. The maximum atomic E-state index is 9.48. The molecule has 1 aromatic heterocycles. The molecule has 4 aliphatic heterocycles. The van der Waals surface area contributed by atoms with E-state index in [2.05, 4.69) is 92.0 Å². The van der Waals surface area contributed by atoms with Crippen LogP contribution in [0.25, 0.3) is 11.0 Å². The van der Waals surface area contributed by atoms with Crippen LogP contribution in [0.3, 0.4) is 0 Å². The Labute approximate surface area is 249 Å². The van der Waals surface area contributed by atoms with E-state index < -0.39 is 0 Å². The second-order valence-corrected chi connectivity index (χ2v) is 12.8. The highest BCUT2D eigenvalue weighted by molar-refractivity contribution is 5.81. The first-order valence-electron chi connectivity index (χ1n) is 15.9. The summed E-state index contributed by atoms with van der Waals surface area (Å²) in [7, 11) is 0. The first kappa shape index (κ1) is 27.4. The number of nitriles is 1. The molecular formula is C34H43N7O. The van der Waals surface area contributed by atoms with Crippen molar-refractivity contribution in [1.29, 1.82) is 5.26 Å². The van der Waals surface area contributed by atoms with Crippen LogP contribution in [0, 0.1) is 18.4 Å². The fourth-order valence-corrected chi connectivity index (χ4v) is 8.55. The van der Waals surface area contributed by atoms with Crippen LogP contribution in [0.5, 0.6) is 0 Å². The summed E-state index contributed by atoms with van der Waals surface area (Å²) in [4.78, 5) is 16.6. The molecule has 0 N–H and O–H groups in total. The Hall–Kier alpha value is -3.41. The largest absolute Gasteiger partial charge is 0.378 e. The minimum atomic E-state index is 0.147. The number of nitrogens with zero attached hydrogens (tertiary/aromatic N) is 7. The van der Waals surface area contributed by atoms with Crippen molar-refractivity contribution >= 4 is 17.0 Å². The number of rotatable bonds is 5. The van der Waals surface area contributed by atoms with E-state index in [9.17, 15) is 5.26 Å². The Morgan fingerprint density at radius 1 is 0.929 bits per heavy atom. The maximum Gasteiger partial charge on any atom is 0.212 e. The molecule has 2 bridgehead atoms. The van der Waals surface area contributed by atoms with Gasteiger partial charge in [0.25, 0.3) is 0 Å². The molecule has 2 aromatic carbocycles. The number of para-hydroxylation sites is 2. The fraction of sp³-hybridized carbons (Fsp3) is 0.559. The standard InChI is InChI=1S/C34H43N7O/c1-26-37-31-9-5-6-10-32(31)41(26)30-23-28-11-12-29(24-30)40(28)18-15-34(27-7-3-2-4-8-27)13-16-38(17-14-34)33(36-25-35)39-19-21-42-22-20-39/h2-10,28-30H,11-24H2,1H3/b36-33+/t28-,29+,30+. The second kappa shape index (κ2) is 11.7.